The first-order valence-corrected chi connectivity index (χ1v) is 35.4. The molecular weight excluding hydrogens is 1000 g/mol. The van der Waals surface area contributed by atoms with Gasteiger partial charge in [0.05, 0.1) is 33.8 Å². The van der Waals surface area contributed by atoms with E-state index in [1.807, 2.05) is 33.3 Å². The van der Waals surface area contributed by atoms with E-state index in [9.17, 15) is 19.0 Å². The quantitative estimate of drug-likeness (QED) is 0.0161. The zero-order valence-corrected chi connectivity index (χ0v) is 54.0. The van der Waals surface area contributed by atoms with E-state index in [1.54, 1.807) is 0 Å². The number of nitrogens with one attached hydrogen (secondary N) is 1. The van der Waals surface area contributed by atoms with Gasteiger partial charge >= 0.3 is 5.97 Å². The zero-order valence-electron chi connectivity index (χ0n) is 53.1. The maximum Gasteiger partial charge on any atom is 0.306 e. The Labute approximate surface area is 490 Å². The number of phosphoric acid groups is 1. The van der Waals surface area contributed by atoms with Crippen LogP contribution in [-0.2, 0) is 27.9 Å². The second-order valence-electron chi connectivity index (χ2n) is 24.4. The number of unbranched alkanes of at least 4 members (excludes halogenated alkanes) is 41. The van der Waals surface area contributed by atoms with Crippen LogP contribution in [0.3, 0.4) is 0 Å². The number of esters is 1. The molecule has 79 heavy (non-hydrogen) atoms. The molecule has 0 heterocycles. The second kappa shape index (κ2) is 59.1. The van der Waals surface area contributed by atoms with E-state index in [0.29, 0.717) is 17.4 Å². The van der Waals surface area contributed by atoms with Crippen LogP contribution < -0.4 is 10.2 Å². The molecule has 1 amide bonds. The van der Waals surface area contributed by atoms with Gasteiger partial charge in [-0.1, -0.05) is 282 Å². The SMILES string of the molecule is CCCCCCCC/C=C/CCCCCCCCCCCCCCCCCC(=O)OC(/C=C\CCCCCCCCCCCC)C(COP(=O)([O-])OCC[N+](C)(C)C)NC(=O)CCCCC/C=C/C=C/CCCCCCCCC. The fourth-order valence-corrected chi connectivity index (χ4v) is 10.7. The largest absolute Gasteiger partial charge is 0.756 e. The van der Waals surface area contributed by atoms with Crippen molar-refractivity contribution >= 4 is 19.7 Å². The molecule has 464 valence electrons. The Balaban J connectivity index is 5.09. The van der Waals surface area contributed by atoms with E-state index in [1.165, 1.54) is 225 Å². The minimum Gasteiger partial charge on any atom is -0.756 e. The molecule has 0 aliphatic rings. The predicted octanol–water partition coefficient (Wildman–Crippen LogP) is 20.6. The molecule has 0 aromatic carbocycles. The van der Waals surface area contributed by atoms with Crippen molar-refractivity contribution in [3.8, 4) is 0 Å². The fraction of sp³-hybridized carbons (Fsp3) is 0.855. The van der Waals surface area contributed by atoms with E-state index < -0.39 is 26.6 Å². The lowest BCUT2D eigenvalue weighted by atomic mass is 10.0. The third-order valence-electron chi connectivity index (χ3n) is 15.3. The number of likely N-dealkylation sites (N-methyl/N-ethyl adjacent to an activating group) is 1. The second-order valence-corrected chi connectivity index (χ2v) is 25.8. The molecule has 0 aromatic rings. The van der Waals surface area contributed by atoms with Gasteiger partial charge in [0, 0.05) is 12.8 Å². The van der Waals surface area contributed by atoms with Gasteiger partial charge < -0.3 is 28.5 Å². The number of ether oxygens (including phenoxy) is 1. The summed E-state index contributed by atoms with van der Waals surface area (Å²) >= 11 is 0. The Morgan fingerprint density at radius 1 is 0.443 bits per heavy atom. The van der Waals surface area contributed by atoms with Crippen LogP contribution in [0.2, 0.25) is 0 Å². The highest BCUT2D eigenvalue weighted by molar-refractivity contribution is 7.45. The van der Waals surface area contributed by atoms with E-state index in [4.69, 9.17) is 13.8 Å². The van der Waals surface area contributed by atoms with Gasteiger partial charge in [-0.3, -0.25) is 14.2 Å². The molecular formula is C69H131N2O7P. The molecule has 0 aliphatic heterocycles. The normalized spacial score (nSPS) is 13.9. The third-order valence-corrected chi connectivity index (χ3v) is 16.2. The van der Waals surface area contributed by atoms with Gasteiger partial charge in [0.25, 0.3) is 7.82 Å². The number of hydrogen-bond acceptors (Lipinski definition) is 7. The van der Waals surface area contributed by atoms with E-state index in [-0.39, 0.29) is 31.3 Å². The predicted molar refractivity (Wildman–Crippen MR) is 339 cm³/mol. The standard InChI is InChI=1S/C69H131N2O7P/c1-7-10-13-16-19-22-25-28-30-32-33-34-35-36-37-38-39-40-42-44-47-50-53-56-59-62-69(73)78-67(60-57-54-51-48-45-27-24-21-18-15-12-9-3)66(65-77-79(74,75)76-64-63-71(4,5)6)70-68(72)61-58-55-52-49-46-43-41-31-29-26-23-20-17-14-11-8-2/h28,30-31,41,43,46,57,60,66-67H,7-27,29,32-40,42,44-45,47-56,58-59,61-65H2,1-6H3,(H-,70,72,74,75)/b30-28+,41-31+,46-43+,60-57-. The van der Waals surface area contributed by atoms with Gasteiger partial charge in [0.15, 0.2) is 0 Å². The van der Waals surface area contributed by atoms with Crippen LogP contribution in [-0.4, -0.2) is 69.4 Å². The van der Waals surface area contributed by atoms with Crippen molar-refractivity contribution < 1.29 is 37.3 Å². The minimum absolute atomic E-state index is 0.0263. The third kappa shape index (κ3) is 60.4. The number of rotatable bonds is 62. The van der Waals surface area contributed by atoms with Crippen molar-refractivity contribution in [2.45, 2.75) is 341 Å². The Morgan fingerprint density at radius 3 is 1.16 bits per heavy atom. The smallest absolute Gasteiger partial charge is 0.306 e. The number of phosphoric ester groups is 1. The first-order chi connectivity index (χ1) is 38.4. The molecule has 0 bridgehead atoms. The highest BCUT2D eigenvalue weighted by atomic mass is 31.2. The molecule has 0 aromatic heterocycles. The van der Waals surface area contributed by atoms with Gasteiger partial charge in [-0.2, -0.15) is 0 Å². The number of carbonyl (C=O) groups excluding carboxylic acids is 2. The number of amides is 1. The van der Waals surface area contributed by atoms with Crippen molar-refractivity contribution in [2.24, 2.45) is 0 Å². The number of nitrogens with zero attached hydrogens (tertiary/aromatic N) is 1. The van der Waals surface area contributed by atoms with Gasteiger partial charge in [-0.15, -0.1) is 0 Å². The number of hydrogen-bond donors (Lipinski definition) is 1. The Bertz CT molecular complexity index is 1490. The first-order valence-electron chi connectivity index (χ1n) is 34.0. The molecule has 3 unspecified atom stereocenters. The number of allylic oxidation sites excluding steroid dienone is 7. The van der Waals surface area contributed by atoms with E-state index in [0.717, 1.165) is 64.2 Å². The lowest BCUT2D eigenvalue weighted by Gasteiger charge is -2.30. The molecule has 10 heteroatoms. The van der Waals surface area contributed by atoms with E-state index in [2.05, 4.69) is 62.5 Å². The highest BCUT2D eigenvalue weighted by Crippen LogP contribution is 2.38. The Kier molecular flexibility index (Phi) is 57.6. The number of quaternary nitrogens is 1. The molecule has 0 saturated carbocycles. The van der Waals surface area contributed by atoms with Crippen LogP contribution in [0.5, 0.6) is 0 Å². The summed E-state index contributed by atoms with van der Waals surface area (Å²) in [6.45, 7) is 6.85. The van der Waals surface area contributed by atoms with Crippen molar-refractivity contribution in [2.75, 3.05) is 40.9 Å². The van der Waals surface area contributed by atoms with Crippen molar-refractivity contribution in [1.29, 1.82) is 0 Å². The monoisotopic (exact) mass is 1130 g/mol. The van der Waals surface area contributed by atoms with Crippen LogP contribution in [0.25, 0.3) is 0 Å². The Hall–Kier alpha value is -2.03. The van der Waals surface area contributed by atoms with Gasteiger partial charge in [-0.05, 0) is 83.1 Å². The van der Waals surface area contributed by atoms with Gasteiger partial charge in [0.1, 0.15) is 19.3 Å². The van der Waals surface area contributed by atoms with Crippen LogP contribution in [0.15, 0.2) is 48.6 Å². The van der Waals surface area contributed by atoms with Crippen LogP contribution in [0.4, 0.5) is 0 Å². The summed E-state index contributed by atoms with van der Waals surface area (Å²) in [6.07, 6.45) is 73.8. The summed E-state index contributed by atoms with van der Waals surface area (Å²) in [5.41, 5.74) is 0. The summed E-state index contributed by atoms with van der Waals surface area (Å²) in [6, 6.07) is -0.901. The average Bonchev–Trinajstić information content (AvgIpc) is 3.41. The molecule has 3 atom stereocenters. The summed E-state index contributed by atoms with van der Waals surface area (Å²) in [5, 5.41) is 3.02. The molecule has 0 aliphatic carbocycles. The zero-order chi connectivity index (χ0) is 57.9. The fourth-order valence-electron chi connectivity index (χ4n) is 9.98. The topological polar surface area (TPSA) is 114 Å². The van der Waals surface area contributed by atoms with E-state index >= 15 is 0 Å². The summed E-state index contributed by atoms with van der Waals surface area (Å²) < 4.78 is 30.4. The lowest BCUT2D eigenvalue weighted by molar-refractivity contribution is -0.870. The maximum absolute atomic E-state index is 13.5. The number of carbonyl (C=O) groups is 2. The maximum atomic E-state index is 13.5. The van der Waals surface area contributed by atoms with Crippen molar-refractivity contribution in [1.82, 2.24) is 5.32 Å². The Morgan fingerprint density at radius 2 is 0.772 bits per heavy atom. The lowest BCUT2D eigenvalue weighted by Crippen LogP contribution is -2.47. The van der Waals surface area contributed by atoms with Crippen LogP contribution in [0, 0.1) is 0 Å². The van der Waals surface area contributed by atoms with Gasteiger partial charge in [0.2, 0.25) is 5.91 Å². The highest BCUT2D eigenvalue weighted by Gasteiger charge is 2.27. The molecule has 0 rings (SSSR count). The van der Waals surface area contributed by atoms with Crippen molar-refractivity contribution in [3.63, 3.8) is 0 Å². The molecule has 0 radical (unpaired) electrons. The molecule has 0 saturated heterocycles. The molecule has 9 nitrogen and oxygen atoms in total. The molecule has 0 spiro atoms. The summed E-state index contributed by atoms with van der Waals surface area (Å²) in [5.74, 6) is -0.559. The summed E-state index contributed by atoms with van der Waals surface area (Å²) in [7, 11) is 1.18. The van der Waals surface area contributed by atoms with Crippen molar-refractivity contribution in [3.05, 3.63) is 48.6 Å². The average molecular weight is 1130 g/mol. The van der Waals surface area contributed by atoms with Gasteiger partial charge in [-0.25, -0.2) is 0 Å². The van der Waals surface area contributed by atoms with Crippen LogP contribution >= 0.6 is 7.82 Å². The minimum atomic E-state index is -4.71. The molecule has 0 fully saturated rings. The first kappa shape index (κ1) is 77.0. The van der Waals surface area contributed by atoms with Crippen LogP contribution in [0.1, 0.15) is 329 Å². The summed E-state index contributed by atoms with van der Waals surface area (Å²) in [4.78, 5) is 40.1. The molecule has 1 N–H and O–H groups in total.